The maximum atomic E-state index is 6.21. The summed E-state index contributed by atoms with van der Waals surface area (Å²) in [5.41, 5.74) is 5.60. The summed E-state index contributed by atoms with van der Waals surface area (Å²) in [6, 6.07) is 0. The Labute approximate surface area is 101 Å². The van der Waals surface area contributed by atoms with Crippen LogP contribution in [0.2, 0.25) is 6.55 Å². The largest absolute Gasteiger partial charge is 0.499 e. The highest BCUT2D eigenvalue weighted by Gasteiger charge is 2.41. The lowest BCUT2D eigenvalue weighted by Gasteiger charge is -2.36. The fraction of sp³-hybridized carbons (Fsp3) is 1.00. The third kappa shape index (κ3) is 5.40. The van der Waals surface area contributed by atoms with Crippen LogP contribution in [-0.2, 0) is 13.3 Å². The molecule has 0 aliphatic carbocycles. The van der Waals surface area contributed by atoms with Gasteiger partial charge in [-0.25, -0.2) is 0 Å². The summed E-state index contributed by atoms with van der Waals surface area (Å²) in [6.07, 6.45) is 2.59. The molecule has 0 spiro atoms. The summed E-state index contributed by atoms with van der Waals surface area (Å²) in [5.74, 6) is 0. The first-order chi connectivity index (χ1) is 7.45. The molecule has 5 heteroatoms. The van der Waals surface area contributed by atoms with E-state index in [1.165, 1.54) is 0 Å². The van der Waals surface area contributed by atoms with Gasteiger partial charge in [-0.05, 0) is 26.7 Å². The molecule has 0 saturated heterocycles. The molecule has 0 rings (SSSR count). The Morgan fingerprint density at radius 2 is 1.56 bits per heavy atom. The van der Waals surface area contributed by atoms with Crippen molar-refractivity contribution in [3.05, 3.63) is 0 Å². The van der Waals surface area contributed by atoms with Gasteiger partial charge in [0.1, 0.15) is 5.72 Å². The summed E-state index contributed by atoms with van der Waals surface area (Å²) < 4.78 is 17.2. The van der Waals surface area contributed by atoms with E-state index in [1.807, 2.05) is 27.3 Å². The quantitative estimate of drug-likeness (QED) is 0.504. The molecule has 1 atom stereocenters. The van der Waals surface area contributed by atoms with Gasteiger partial charge < -0.3 is 19.0 Å². The number of hydrogen-bond donors (Lipinski definition) is 1. The van der Waals surface area contributed by atoms with E-state index in [4.69, 9.17) is 19.0 Å². The van der Waals surface area contributed by atoms with E-state index in [2.05, 4.69) is 6.92 Å². The smallest absolute Gasteiger partial charge is 0.374 e. The molecule has 0 aliphatic heterocycles. The molecular formula is C11H27NO3Si. The summed E-state index contributed by atoms with van der Waals surface area (Å²) >= 11 is 0. The van der Waals surface area contributed by atoms with Crippen molar-refractivity contribution in [2.24, 2.45) is 5.73 Å². The van der Waals surface area contributed by atoms with Gasteiger partial charge in [0.05, 0.1) is 0 Å². The molecule has 0 heterocycles. The van der Waals surface area contributed by atoms with Crippen molar-refractivity contribution in [2.75, 3.05) is 13.2 Å². The second kappa shape index (κ2) is 7.40. The Morgan fingerprint density at radius 3 is 1.88 bits per heavy atom. The average Bonchev–Trinajstić information content (AvgIpc) is 2.18. The Balaban J connectivity index is 4.56. The van der Waals surface area contributed by atoms with Crippen molar-refractivity contribution >= 4 is 8.80 Å². The highest BCUT2D eigenvalue weighted by molar-refractivity contribution is 6.59. The molecule has 0 aromatic rings. The SMILES string of the molecule is CCCC(N)(CC)O[Si](C)(OCC)OCC. The molecule has 0 saturated carbocycles. The molecule has 4 nitrogen and oxygen atoms in total. The van der Waals surface area contributed by atoms with E-state index in [-0.39, 0.29) is 0 Å². The minimum absolute atomic E-state index is 0.592. The lowest BCUT2D eigenvalue weighted by molar-refractivity contribution is -0.0304. The maximum absolute atomic E-state index is 6.21. The monoisotopic (exact) mass is 249 g/mol. The summed E-state index contributed by atoms with van der Waals surface area (Å²) in [7, 11) is -2.57. The van der Waals surface area contributed by atoms with E-state index >= 15 is 0 Å². The van der Waals surface area contributed by atoms with Gasteiger partial charge in [-0.2, -0.15) is 0 Å². The molecule has 0 amide bonds. The second-order valence-corrected chi connectivity index (χ2v) is 6.51. The Kier molecular flexibility index (Phi) is 7.42. The zero-order valence-corrected chi connectivity index (χ0v) is 12.3. The molecule has 1 unspecified atom stereocenters. The molecular weight excluding hydrogens is 222 g/mol. The van der Waals surface area contributed by atoms with Gasteiger partial charge in [-0.1, -0.05) is 20.3 Å². The topological polar surface area (TPSA) is 53.7 Å². The Morgan fingerprint density at radius 1 is 1.06 bits per heavy atom. The summed E-state index contributed by atoms with van der Waals surface area (Å²) in [6.45, 7) is 11.1. The lowest BCUT2D eigenvalue weighted by Crippen LogP contribution is -2.55. The van der Waals surface area contributed by atoms with Gasteiger partial charge in [0.2, 0.25) is 0 Å². The lowest BCUT2D eigenvalue weighted by atomic mass is 10.1. The normalized spacial score (nSPS) is 16.1. The summed E-state index contributed by atoms with van der Waals surface area (Å²) in [4.78, 5) is 0. The van der Waals surface area contributed by atoms with Crippen LogP contribution in [0.25, 0.3) is 0 Å². The fourth-order valence-electron chi connectivity index (χ4n) is 1.72. The predicted octanol–water partition coefficient (Wildman–Crippen LogP) is 2.51. The number of rotatable bonds is 9. The Hall–Kier alpha value is 0.0569. The molecule has 0 fully saturated rings. The summed E-state index contributed by atoms with van der Waals surface area (Å²) in [5, 5.41) is 0. The van der Waals surface area contributed by atoms with E-state index in [1.54, 1.807) is 0 Å². The third-order valence-corrected chi connectivity index (χ3v) is 4.88. The van der Waals surface area contributed by atoms with Crippen molar-refractivity contribution in [1.29, 1.82) is 0 Å². The van der Waals surface area contributed by atoms with E-state index < -0.39 is 14.5 Å². The van der Waals surface area contributed by atoms with Gasteiger partial charge in [0, 0.05) is 19.8 Å². The zero-order chi connectivity index (χ0) is 12.7. The van der Waals surface area contributed by atoms with E-state index in [0.29, 0.717) is 13.2 Å². The van der Waals surface area contributed by atoms with Crippen LogP contribution in [0.15, 0.2) is 0 Å². The molecule has 16 heavy (non-hydrogen) atoms. The van der Waals surface area contributed by atoms with E-state index in [0.717, 1.165) is 19.3 Å². The molecule has 2 N–H and O–H groups in total. The maximum Gasteiger partial charge on any atom is 0.499 e. The number of hydrogen-bond acceptors (Lipinski definition) is 4. The molecule has 0 bridgehead atoms. The van der Waals surface area contributed by atoms with Crippen LogP contribution < -0.4 is 5.73 Å². The zero-order valence-electron chi connectivity index (χ0n) is 11.3. The molecule has 0 aromatic carbocycles. The minimum Gasteiger partial charge on any atom is -0.374 e. The fourth-order valence-corrected chi connectivity index (χ4v) is 3.95. The van der Waals surface area contributed by atoms with Gasteiger partial charge in [-0.3, -0.25) is 0 Å². The van der Waals surface area contributed by atoms with Crippen LogP contribution in [0.3, 0.4) is 0 Å². The first kappa shape index (κ1) is 16.1. The minimum atomic E-state index is -2.57. The van der Waals surface area contributed by atoms with Gasteiger partial charge >= 0.3 is 8.80 Å². The molecule has 98 valence electrons. The van der Waals surface area contributed by atoms with E-state index in [9.17, 15) is 0 Å². The van der Waals surface area contributed by atoms with Crippen molar-refractivity contribution < 1.29 is 13.3 Å². The van der Waals surface area contributed by atoms with Crippen LogP contribution in [0.4, 0.5) is 0 Å². The molecule has 0 aliphatic rings. The van der Waals surface area contributed by atoms with Crippen LogP contribution in [0.5, 0.6) is 0 Å². The number of nitrogens with two attached hydrogens (primary N) is 1. The molecule has 0 aromatic heterocycles. The van der Waals surface area contributed by atoms with Crippen molar-refractivity contribution in [3.8, 4) is 0 Å². The highest BCUT2D eigenvalue weighted by Crippen LogP contribution is 2.23. The van der Waals surface area contributed by atoms with Crippen molar-refractivity contribution in [3.63, 3.8) is 0 Å². The van der Waals surface area contributed by atoms with Crippen molar-refractivity contribution in [1.82, 2.24) is 0 Å². The highest BCUT2D eigenvalue weighted by atomic mass is 28.4. The van der Waals surface area contributed by atoms with Crippen LogP contribution in [0, 0.1) is 0 Å². The van der Waals surface area contributed by atoms with Gasteiger partial charge in [0.25, 0.3) is 0 Å². The first-order valence-corrected chi connectivity index (χ1v) is 8.44. The third-order valence-electron chi connectivity index (χ3n) is 2.47. The van der Waals surface area contributed by atoms with Crippen molar-refractivity contribution in [2.45, 2.75) is 59.2 Å². The first-order valence-electron chi connectivity index (χ1n) is 6.22. The Bertz CT molecular complexity index is 186. The van der Waals surface area contributed by atoms with Crippen LogP contribution in [-0.4, -0.2) is 27.7 Å². The standard InChI is InChI=1S/C11H27NO3Si/c1-6-10-11(12,7-2)15-16(5,13-8-3)14-9-4/h6-10,12H2,1-5H3. The molecule has 0 radical (unpaired) electrons. The predicted molar refractivity (Wildman–Crippen MR) is 68.1 cm³/mol. The van der Waals surface area contributed by atoms with Gasteiger partial charge in [-0.15, -0.1) is 0 Å². The second-order valence-electron chi connectivity index (χ2n) is 4.00. The van der Waals surface area contributed by atoms with Gasteiger partial charge in [0.15, 0.2) is 0 Å². The van der Waals surface area contributed by atoms with Crippen LogP contribution in [0.1, 0.15) is 47.0 Å². The van der Waals surface area contributed by atoms with Crippen LogP contribution >= 0.6 is 0 Å². The average molecular weight is 249 g/mol.